The van der Waals surface area contributed by atoms with Crippen LogP contribution in [0.4, 0.5) is 5.82 Å². The highest BCUT2D eigenvalue weighted by Gasteiger charge is 2.28. The van der Waals surface area contributed by atoms with Crippen molar-refractivity contribution in [3.05, 3.63) is 10.4 Å². The van der Waals surface area contributed by atoms with Gasteiger partial charge in [-0.2, -0.15) is 0 Å². The maximum Gasteiger partial charge on any atom is 0.306 e. The largest absolute Gasteiger partial charge is 0.481 e. The maximum absolute atomic E-state index is 11.2. The van der Waals surface area contributed by atoms with E-state index in [2.05, 4.69) is 4.90 Å². The predicted octanol–water partition coefficient (Wildman–Crippen LogP) is 3.59. The number of thiophene rings is 1. The number of anilines is 1. The normalized spacial score (nSPS) is 18.8. The van der Waals surface area contributed by atoms with Crippen molar-refractivity contribution in [3.63, 3.8) is 0 Å². The van der Waals surface area contributed by atoms with E-state index in [1.54, 1.807) is 11.8 Å². The maximum atomic E-state index is 11.2. The number of nitrogens with zero attached hydrogens (tertiary/aromatic N) is 3. The van der Waals surface area contributed by atoms with Crippen LogP contribution in [0, 0.1) is 5.92 Å². The van der Waals surface area contributed by atoms with Gasteiger partial charge in [-0.3, -0.25) is 4.79 Å². The molecule has 7 heteroatoms. The first-order chi connectivity index (χ1) is 11.7. The Balaban J connectivity index is 1.76. The molecule has 0 aromatic carbocycles. The van der Waals surface area contributed by atoms with Crippen LogP contribution in [0.2, 0.25) is 0 Å². The number of thioether (sulfide) groups is 1. The predicted molar refractivity (Wildman–Crippen MR) is 98.4 cm³/mol. The Hall–Kier alpha value is -1.34. The van der Waals surface area contributed by atoms with E-state index in [-0.39, 0.29) is 5.92 Å². The van der Waals surface area contributed by atoms with Crippen LogP contribution < -0.4 is 4.90 Å². The topological polar surface area (TPSA) is 66.3 Å². The molecule has 1 aliphatic heterocycles. The number of carboxylic acid groups (broad SMARTS) is 1. The molecule has 1 aliphatic carbocycles. The smallest absolute Gasteiger partial charge is 0.306 e. The minimum absolute atomic E-state index is 0.213. The van der Waals surface area contributed by atoms with Crippen LogP contribution >= 0.6 is 23.1 Å². The second kappa shape index (κ2) is 6.52. The van der Waals surface area contributed by atoms with Crippen molar-refractivity contribution in [2.45, 2.75) is 43.7 Å². The van der Waals surface area contributed by atoms with Crippen molar-refractivity contribution in [3.8, 4) is 0 Å². The summed E-state index contributed by atoms with van der Waals surface area (Å²) in [5.41, 5.74) is 1.45. The Bertz CT molecular complexity index is 782. The number of aliphatic carboxylic acids is 1. The first kappa shape index (κ1) is 16.1. The van der Waals surface area contributed by atoms with E-state index >= 15 is 0 Å². The molecule has 0 spiro atoms. The lowest BCUT2D eigenvalue weighted by molar-refractivity contribution is -0.142. The van der Waals surface area contributed by atoms with Gasteiger partial charge in [-0.1, -0.05) is 11.8 Å². The highest BCUT2D eigenvalue weighted by atomic mass is 32.2. The average molecular weight is 364 g/mol. The van der Waals surface area contributed by atoms with Crippen LogP contribution in [0.5, 0.6) is 0 Å². The monoisotopic (exact) mass is 363 g/mol. The van der Waals surface area contributed by atoms with E-state index in [4.69, 9.17) is 9.97 Å². The molecule has 128 valence electrons. The fraction of sp³-hybridized carbons (Fsp3) is 0.588. The molecule has 1 N–H and O–H groups in total. The van der Waals surface area contributed by atoms with Crippen molar-refractivity contribution in [1.29, 1.82) is 0 Å². The lowest BCUT2D eigenvalue weighted by atomic mass is 9.95. The zero-order valence-electron chi connectivity index (χ0n) is 13.7. The van der Waals surface area contributed by atoms with E-state index in [0.29, 0.717) is 12.8 Å². The highest BCUT2D eigenvalue weighted by molar-refractivity contribution is 7.98. The molecule has 2 aromatic rings. The lowest BCUT2D eigenvalue weighted by Crippen LogP contribution is -2.37. The van der Waals surface area contributed by atoms with Gasteiger partial charge in [0.2, 0.25) is 0 Å². The Labute approximate surface area is 149 Å². The summed E-state index contributed by atoms with van der Waals surface area (Å²) >= 11 is 3.40. The summed E-state index contributed by atoms with van der Waals surface area (Å²) in [4.78, 5) is 25.7. The van der Waals surface area contributed by atoms with E-state index in [1.807, 2.05) is 17.6 Å². The number of carboxylic acids is 1. The van der Waals surface area contributed by atoms with Crippen LogP contribution in [0.1, 0.15) is 36.1 Å². The van der Waals surface area contributed by atoms with Crippen LogP contribution in [-0.2, 0) is 17.6 Å². The first-order valence-electron chi connectivity index (χ1n) is 8.51. The Kier molecular flexibility index (Phi) is 4.39. The summed E-state index contributed by atoms with van der Waals surface area (Å²) in [6, 6.07) is 0. The number of rotatable bonds is 3. The molecule has 0 bridgehead atoms. The third kappa shape index (κ3) is 2.77. The van der Waals surface area contributed by atoms with Crippen molar-refractivity contribution in [1.82, 2.24) is 9.97 Å². The summed E-state index contributed by atoms with van der Waals surface area (Å²) in [5.74, 6) is 0.155. The number of piperidine rings is 1. The average Bonchev–Trinajstić information content (AvgIpc) is 2.99. The van der Waals surface area contributed by atoms with Crippen LogP contribution in [0.25, 0.3) is 10.2 Å². The van der Waals surface area contributed by atoms with Crippen LogP contribution in [0.15, 0.2) is 5.16 Å². The SMILES string of the molecule is CSc1nc(N2CCC(C(=O)O)CC2)c2c3c(sc2n1)CCCC3. The van der Waals surface area contributed by atoms with Gasteiger partial charge < -0.3 is 10.0 Å². The summed E-state index contributed by atoms with van der Waals surface area (Å²) in [7, 11) is 0. The zero-order valence-corrected chi connectivity index (χ0v) is 15.4. The van der Waals surface area contributed by atoms with Gasteiger partial charge in [0.1, 0.15) is 10.6 Å². The molecule has 5 nitrogen and oxygen atoms in total. The molecule has 1 fully saturated rings. The molecule has 2 aliphatic rings. The highest BCUT2D eigenvalue weighted by Crippen LogP contribution is 2.41. The van der Waals surface area contributed by atoms with Gasteiger partial charge in [0.15, 0.2) is 5.16 Å². The molecule has 3 heterocycles. The summed E-state index contributed by atoms with van der Waals surface area (Å²) < 4.78 is 0. The molecular weight excluding hydrogens is 342 g/mol. The fourth-order valence-electron chi connectivity index (χ4n) is 3.78. The third-order valence-electron chi connectivity index (χ3n) is 5.10. The Morgan fingerprint density at radius 1 is 1.25 bits per heavy atom. The molecule has 1 saturated heterocycles. The number of fused-ring (bicyclic) bond motifs is 3. The number of hydrogen-bond acceptors (Lipinski definition) is 6. The minimum Gasteiger partial charge on any atom is -0.481 e. The Morgan fingerprint density at radius 3 is 2.71 bits per heavy atom. The number of aromatic nitrogens is 2. The van der Waals surface area contributed by atoms with E-state index in [1.165, 1.54) is 28.7 Å². The van der Waals surface area contributed by atoms with E-state index in [9.17, 15) is 9.90 Å². The summed E-state index contributed by atoms with van der Waals surface area (Å²) in [6.07, 6.45) is 8.19. The van der Waals surface area contributed by atoms with Gasteiger partial charge in [0, 0.05) is 18.0 Å². The standard InChI is InChI=1S/C17H21N3O2S2/c1-23-17-18-14(20-8-6-10(7-9-20)16(21)22)13-11-4-2-3-5-12(11)24-15(13)19-17/h10H,2-9H2,1H3,(H,21,22). The molecule has 0 unspecified atom stereocenters. The Morgan fingerprint density at radius 2 is 2.00 bits per heavy atom. The molecule has 0 radical (unpaired) electrons. The molecule has 0 saturated carbocycles. The lowest BCUT2D eigenvalue weighted by Gasteiger charge is -2.31. The number of hydrogen-bond donors (Lipinski definition) is 1. The van der Waals surface area contributed by atoms with Crippen molar-refractivity contribution in [2.75, 3.05) is 24.2 Å². The van der Waals surface area contributed by atoms with Gasteiger partial charge >= 0.3 is 5.97 Å². The number of aryl methyl sites for hydroxylation is 2. The van der Waals surface area contributed by atoms with Gasteiger partial charge in [-0.15, -0.1) is 11.3 Å². The molecule has 0 atom stereocenters. The second-order valence-electron chi connectivity index (χ2n) is 6.52. The number of carbonyl (C=O) groups is 1. The van der Waals surface area contributed by atoms with Crippen molar-refractivity contribution in [2.24, 2.45) is 5.92 Å². The molecule has 0 amide bonds. The summed E-state index contributed by atoms with van der Waals surface area (Å²) in [5, 5.41) is 11.3. The van der Waals surface area contributed by atoms with Gasteiger partial charge in [-0.25, -0.2) is 9.97 Å². The van der Waals surface area contributed by atoms with Gasteiger partial charge in [0.25, 0.3) is 0 Å². The van der Waals surface area contributed by atoms with Crippen LogP contribution in [-0.4, -0.2) is 40.4 Å². The quantitative estimate of drug-likeness (QED) is 0.664. The zero-order chi connectivity index (χ0) is 16.7. The van der Waals surface area contributed by atoms with Crippen molar-refractivity contribution < 1.29 is 9.90 Å². The first-order valence-corrected chi connectivity index (χ1v) is 10.6. The molecule has 2 aromatic heterocycles. The summed E-state index contributed by atoms with van der Waals surface area (Å²) in [6.45, 7) is 1.53. The van der Waals surface area contributed by atoms with Crippen molar-refractivity contribution >= 4 is 45.1 Å². The minimum atomic E-state index is -0.666. The van der Waals surface area contributed by atoms with Gasteiger partial charge in [-0.05, 0) is 50.3 Å². The van der Waals surface area contributed by atoms with E-state index in [0.717, 1.165) is 41.7 Å². The molecular formula is C17H21N3O2S2. The van der Waals surface area contributed by atoms with Crippen LogP contribution in [0.3, 0.4) is 0 Å². The van der Waals surface area contributed by atoms with Gasteiger partial charge in [0.05, 0.1) is 11.3 Å². The molecule has 24 heavy (non-hydrogen) atoms. The third-order valence-corrected chi connectivity index (χ3v) is 6.83. The molecule has 4 rings (SSSR count). The van der Waals surface area contributed by atoms with E-state index < -0.39 is 5.97 Å². The fourth-order valence-corrected chi connectivity index (χ4v) is 5.45. The second-order valence-corrected chi connectivity index (χ2v) is 8.38.